The molecule has 3 nitrogen and oxygen atoms in total. The van der Waals surface area contributed by atoms with Crippen molar-refractivity contribution in [3.8, 4) is 0 Å². The van der Waals surface area contributed by atoms with Gasteiger partial charge in [-0.3, -0.25) is 4.79 Å². The Hall–Kier alpha value is -0.290. The molecule has 0 aromatic heterocycles. The summed E-state index contributed by atoms with van der Waals surface area (Å²) in [5.41, 5.74) is 0.631. The Balaban J connectivity index is 0.00000162. The second-order valence-electron chi connectivity index (χ2n) is 4.15. The topological polar surface area (TPSA) is 41.1 Å². The predicted molar refractivity (Wildman–Crippen MR) is 79.8 cm³/mol. The van der Waals surface area contributed by atoms with Gasteiger partial charge in [-0.25, -0.2) is 0 Å². The van der Waals surface area contributed by atoms with E-state index in [1.54, 1.807) is 18.2 Å². The molecule has 1 aromatic carbocycles. The number of hydrogen-bond acceptors (Lipinski definition) is 2. The Labute approximate surface area is 126 Å². The number of hydrogen-bond donors (Lipinski definition) is 2. The van der Waals surface area contributed by atoms with Crippen molar-refractivity contribution in [2.24, 2.45) is 0 Å². The fraction of sp³-hybridized carbons (Fsp3) is 0.417. The maximum atomic E-state index is 12.0. The summed E-state index contributed by atoms with van der Waals surface area (Å²) in [6, 6.07) is 5.43. The molecule has 1 aromatic rings. The van der Waals surface area contributed by atoms with Crippen LogP contribution in [-0.4, -0.2) is 25.0 Å². The van der Waals surface area contributed by atoms with Crippen LogP contribution in [0.4, 0.5) is 0 Å². The van der Waals surface area contributed by atoms with Gasteiger partial charge in [-0.2, -0.15) is 0 Å². The molecule has 0 spiro atoms. The fourth-order valence-electron chi connectivity index (χ4n) is 1.88. The first-order valence-electron chi connectivity index (χ1n) is 5.63. The molecule has 1 aliphatic heterocycles. The van der Waals surface area contributed by atoms with E-state index in [0.717, 1.165) is 30.4 Å². The molecule has 1 aliphatic rings. The second kappa shape index (κ2) is 7.34. The van der Waals surface area contributed by atoms with E-state index in [4.69, 9.17) is 11.6 Å². The Morgan fingerprint density at radius 2 is 2.28 bits per heavy atom. The lowest BCUT2D eigenvalue weighted by molar-refractivity contribution is 0.0930. The van der Waals surface area contributed by atoms with Crippen LogP contribution in [-0.2, 0) is 0 Å². The average molecular weight is 354 g/mol. The first-order valence-corrected chi connectivity index (χ1v) is 6.80. The van der Waals surface area contributed by atoms with E-state index in [-0.39, 0.29) is 24.4 Å². The van der Waals surface area contributed by atoms with Gasteiger partial charge in [0.25, 0.3) is 5.91 Å². The number of piperidine rings is 1. The molecule has 1 amide bonds. The smallest absolute Gasteiger partial charge is 0.251 e. The minimum atomic E-state index is -0.0453. The fourth-order valence-corrected chi connectivity index (χ4v) is 2.38. The minimum absolute atomic E-state index is 0. The van der Waals surface area contributed by atoms with Gasteiger partial charge in [0.15, 0.2) is 0 Å². The molecule has 0 bridgehead atoms. The zero-order valence-electron chi connectivity index (χ0n) is 9.71. The van der Waals surface area contributed by atoms with Crippen molar-refractivity contribution in [3.63, 3.8) is 0 Å². The van der Waals surface area contributed by atoms with E-state index in [0.29, 0.717) is 10.6 Å². The summed E-state index contributed by atoms with van der Waals surface area (Å²) in [5.74, 6) is -0.0453. The quantitative estimate of drug-likeness (QED) is 0.858. The summed E-state index contributed by atoms with van der Waals surface area (Å²) in [4.78, 5) is 12.0. The third-order valence-electron chi connectivity index (χ3n) is 2.81. The monoisotopic (exact) mass is 352 g/mol. The summed E-state index contributed by atoms with van der Waals surface area (Å²) >= 11 is 9.20. The highest BCUT2D eigenvalue weighted by molar-refractivity contribution is 9.10. The third kappa shape index (κ3) is 4.12. The average Bonchev–Trinajstić information content (AvgIpc) is 2.34. The molecule has 1 fully saturated rings. The van der Waals surface area contributed by atoms with Crippen molar-refractivity contribution in [2.45, 2.75) is 18.9 Å². The molecule has 100 valence electrons. The van der Waals surface area contributed by atoms with Gasteiger partial charge in [-0.15, -0.1) is 12.4 Å². The Morgan fingerprint density at radius 3 is 2.89 bits per heavy atom. The SMILES string of the molecule is Cl.O=C(N[C@@H]1CCCNC1)c1ccc(Cl)c(Br)c1. The number of nitrogens with one attached hydrogen (secondary N) is 2. The maximum absolute atomic E-state index is 12.0. The van der Waals surface area contributed by atoms with E-state index in [1.807, 2.05) is 0 Å². The summed E-state index contributed by atoms with van der Waals surface area (Å²) in [5, 5.41) is 6.90. The summed E-state index contributed by atoms with van der Waals surface area (Å²) in [7, 11) is 0. The molecular weight excluding hydrogens is 339 g/mol. The highest BCUT2D eigenvalue weighted by Gasteiger charge is 2.16. The van der Waals surface area contributed by atoms with Crippen LogP contribution in [0.1, 0.15) is 23.2 Å². The number of rotatable bonds is 2. The van der Waals surface area contributed by atoms with Gasteiger partial charge < -0.3 is 10.6 Å². The lowest BCUT2D eigenvalue weighted by Crippen LogP contribution is -2.45. The third-order valence-corrected chi connectivity index (χ3v) is 4.03. The Bertz CT molecular complexity index is 423. The maximum Gasteiger partial charge on any atom is 0.251 e. The van der Waals surface area contributed by atoms with E-state index in [9.17, 15) is 4.79 Å². The highest BCUT2D eigenvalue weighted by Crippen LogP contribution is 2.23. The Kier molecular flexibility index (Phi) is 6.43. The Morgan fingerprint density at radius 1 is 1.50 bits per heavy atom. The number of benzene rings is 1. The van der Waals surface area contributed by atoms with Crippen LogP contribution in [0.15, 0.2) is 22.7 Å². The minimum Gasteiger partial charge on any atom is -0.348 e. The number of amides is 1. The largest absolute Gasteiger partial charge is 0.348 e. The lowest BCUT2D eigenvalue weighted by atomic mass is 10.1. The molecule has 1 atom stereocenters. The van der Waals surface area contributed by atoms with Gasteiger partial charge in [0, 0.05) is 22.6 Å². The van der Waals surface area contributed by atoms with Crippen molar-refractivity contribution in [2.75, 3.05) is 13.1 Å². The van der Waals surface area contributed by atoms with Gasteiger partial charge in [-0.05, 0) is 53.5 Å². The first-order chi connectivity index (χ1) is 8.16. The number of halogens is 3. The molecule has 2 rings (SSSR count). The van der Waals surface area contributed by atoms with Crippen molar-refractivity contribution < 1.29 is 4.79 Å². The molecular formula is C12H15BrCl2N2O. The van der Waals surface area contributed by atoms with Gasteiger partial charge in [0.1, 0.15) is 0 Å². The normalized spacial score (nSPS) is 18.9. The zero-order chi connectivity index (χ0) is 12.3. The summed E-state index contributed by atoms with van der Waals surface area (Å²) in [6.45, 7) is 1.89. The predicted octanol–water partition coefficient (Wildman–Crippen LogP) is 3.01. The summed E-state index contributed by atoms with van der Waals surface area (Å²) in [6.07, 6.45) is 2.14. The zero-order valence-corrected chi connectivity index (χ0v) is 12.9. The van der Waals surface area contributed by atoms with Gasteiger partial charge in [0.2, 0.25) is 0 Å². The van der Waals surface area contributed by atoms with E-state index < -0.39 is 0 Å². The molecule has 0 radical (unpaired) electrons. The second-order valence-corrected chi connectivity index (χ2v) is 5.41. The van der Waals surface area contributed by atoms with Crippen molar-refractivity contribution in [1.29, 1.82) is 0 Å². The van der Waals surface area contributed by atoms with E-state index >= 15 is 0 Å². The molecule has 0 aliphatic carbocycles. The van der Waals surface area contributed by atoms with Crippen LogP contribution in [0.3, 0.4) is 0 Å². The molecule has 2 N–H and O–H groups in total. The van der Waals surface area contributed by atoms with Crippen LogP contribution in [0, 0.1) is 0 Å². The molecule has 1 saturated heterocycles. The van der Waals surface area contributed by atoms with Gasteiger partial charge in [0.05, 0.1) is 5.02 Å². The lowest BCUT2D eigenvalue weighted by Gasteiger charge is -2.23. The van der Waals surface area contributed by atoms with Crippen LogP contribution in [0.5, 0.6) is 0 Å². The molecule has 0 saturated carbocycles. The first kappa shape index (κ1) is 15.8. The standard InChI is InChI=1S/C12H14BrClN2O.ClH/c13-10-6-8(3-4-11(10)14)12(17)16-9-2-1-5-15-7-9;/h3-4,6,9,15H,1-2,5,7H2,(H,16,17);1H/t9-;/m1./s1. The van der Waals surface area contributed by atoms with Crippen molar-refractivity contribution in [1.82, 2.24) is 10.6 Å². The molecule has 18 heavy (non-hydrogen) atoms. The number of carbonyl (C=O) groups is 1. The highest BCUT2D eigenvalue weighted by atomic mass is 79.9. The van der Waals surface area contributed by atoms with E-state index in [1.165, 1.54) is 0 Å². The van der Waals surface area contributed by atoms with Crippen LogP contribution in [0.2, 0.25) is 5.02 Å². The molecule has 6 heteroatoms. The van der Waals surface area contributed by atoms with Crippen LogP contribution >= 0.6 is 39.9 Å². The van der Waals surface area contributed by atoms with E-state index in [2.05, 4.69) is 26.6 Å². The molecule has 0 unspecified atom stereocenters. The van der Waals surface area contributed by atoms with Crippen LogP contribution < -0.4 is 10.6 Å². The van der Waals surface area contributed by atoms with Gasteiger partial charge in [-0.1, -0.05) is 11.6 Å². The van der Waals surface area contributed by atoms with Crippen LogP contribution in [0.25, 0.3) is 0 Å². The number of carbonyl (C=O) groups excluding carboxylic acids is 1. The van der Waals surface area contributed by atoms with Crippen molar-refractivity contribution >= 4 is 45.8 Å². The molecule has 1 heterocycles. The van der Waals surface area contributed by atoms with Gasteiger partial charge >= 0.3 is 0 Å². The van der Waals surface area contributed by atoms with Crippen molar-refractivity contribution in [3.05, 3.63) is 33.3 Å². The summed E-state index contributed by atoms with van der Waals surface area (Å²) < 4.78 is 0.744.